The van der Waals surface area contributed by atoms with Gasteiger partial charge in [-0.2, -0.15) is 0 Å². The van der Waals surface area contributed by atoms with E-state index in [2.05, 4.69) is 10.3 Å². The number of amides is 1. The van der Waals surface area contributed by atoms with Crippen LogP contribution in [0.1, 0.15) is 6.42 Å². The number of pyridine rings is 1. The quantitative estimate of drug-likeness (QED) is 0.787. The molecule has 0 aliphatic heterocycles. The molecule has 23 heavy (non-hydrogen) atoms. The molecule has 118 valence electrons. The highest BCUT2D eigenvalue weighted by Crippen LogP contribution is 2.18. The topological polar surface area (TPSA) is 56.1 Å². The second-order valence-electron chi connectivity index (χ2n) is 5.10. The van der Waals surface area contributed by atoms with E-state index in [0.717, 1.165) is 10.9 Å². The van der Waals surface area contributed by atoms with Crippen molar-refractivity contribution in [2.45, 2.75) is 13.0 Å². The lowest BCUT2D eigenvalue weighted by Gasteiger charge is -2.07. The van der Waals surface area contributed by atoms with E-state index in [1.54, 1.807) is 18.2 Å². The van der Waals surface area contributed by atoms with Gasteiger partial charge in [0.05, 0.1) is 24.5 Å². The van der Waals surface area contributed by atoms with Gasteiger partial charge in [0.1, 0.15) is 5.82 Å². The standard InChI is InChI=1S/C17H16FN3O2/c1-23-17-5-4-14(11-19-17)20-16(22)7-9-21-8-6-12-2-3-13(18)10-15(12)21/h2-6,8,10-11H,7,9H2,1H3,(H,20,22). The Hall–Kier alpha value is -2.89. The number of fused-ring (bicyclic) bond motifs is 1. The van der Waals surface area contributed by atoms with Crippen LogP contribution in [0.15, 0.2) is 48.8 Å². The van der Waals surface area contributed by atoms with E-state index >= 15 is 0 Å². The Balaban J connectivity index is 1.62. The highest BCUT2D eigenvalue weighted by molar-refractivity contribution is 5.90. The first-order valence-electron chi connectivity index (χ1n) is 7.20. The second-order valence-corrected chi connectivity index (χ2v) is 5.10. The summed E-state index contributed by atoms with van der Waals surface area (Å²) in [6, 6.07) is 9.93. The van der Waals surface area contributed by atoms with Crippen molar-refractivity contribution in [3.8, 4) is 5.88 Å². The molecule has 0 bridgehead atoms. The SMILES string of the molecule is COc1ccc(NC(=O)CCn2ccc3ccc(F)cc32)cn1. The minimum Gasteiger partial charge on any atom is -0.481 e. The van der Waals surface area contributed by atoms with Crippen molar-refractivity contribution >= 4 is 22.5 Å². The molecule has 1 N–H and O–H groups in total. The number of aryl methyl sites for hydroxylation is 1. The van der Waals surface area contributed by atoms with Gasteiger partial charge in [-0.1, -0.05) is 0 Å². The number of rotatable bonds is 5. The monoisotopic (exact) mass is 313 g/mol. The number of benzene rings is 1. The number of nitrogens with zero attached hydrogens (tertiary/aromatic N) is 2. The van der Waals surface area contributed by atoms with E-state index in [9.17, 15) is 9.18 Å². The molecule has 5 nitrogen and oxygen atoms in total. The van der Waals surface area contributed by atoms with Crippen LogP contribution in [0.3, 0.4) is 0 Å². The van der Waals surface area contributed by atoms with Crippen LogP contribution in [0.25, 0.3) is 10.9 Å². The molecule has 2 heterocycles. The number of ether oxygens (including phenoxy) is 1. The Kier molecular flexibility index (Phi) is 4.23. The van der Waals surface area contributed by atoms with Crippen molar-refractivity contribution in [1.82, 2.24) is 9.55 Å². The summed E-state index contributed by atoms with van der Waals surface area (Å²) in [4.78, 5) is 16.0. The third kappa shape index (κ3) is 3.48. The molecule has 1 aromatic carbocycles. The average Bonchev–Trinajstić information content (AvgIpc) is 2.96. The van der Waals surface area contributed by atoms with E-state index in [0.29, 0.717) is 18.1 Å². The number of methoxy groups -OCH3 is 1. The van der Waals surface area contributed by atoms with E-state index in [1.165, 1.54) is 25.4 Å². The number of carbonyl (C=O) groups is 1. The summed E-state index contributed by atoms with van der Waals surface area (Å²) in [6.45, 7) is 0.475. The fourth-order valence-electron chi connectivity index (χ4n) is 2.37. The Bertz CT molecular complexity index is 827. The summed E-state index contributed by atoms with van der Waals surface area (Å²) in [6.07, 6.45) is 3.68. The smallest absolute Gasteiger partial charge is 0.226 e. The minimum atomic E-state index is -0.286. The molecule has 3 rings (SSSR count). The van der Waals surface area contributed by atoms with E-state index in [4.69, 9.17) is 4.74 Å². The van der Waals surface area contributed by atoms with Crippen LogP contribution in [-0.2, 0) is 11.3 Å². The van der Waals surface area contributed by atoms with Gasteiger partial charge in [0, 0.05) is 25.2 Å². The third-order valence-corrected chi connectivity index (χ3v) is 3.54. The summed E-state index contributed by atoms with van der Waals surface area (Å²) in [7, 11) is 1.53. The van der Waals surface area contributed by atoms with Crippen LogP contribution in [-0.4, -0.2) is 22.6 Å². The normalized spacial score (nSPS) is 10.7. The lowest BCUT2D eigenvalue weighted by molar-refractivity contribution is -0.116. The molecule has 0 fully saturated rings. The number of hydrogen-bond acceptors (Lipinski definition) is 3. The van der Waals surface area contributed by atoms with E-state index < -0.39 is 0 Å². The summed E-state index contributed by atoms with van der Waals surface area (Å²) in [5, 5.41) is 3.72. The molecule has 3 aromatic rings. The predicted molar refractivity (Wildman–Crippen MR) is 85.9 cm³/mol. The Morgan fingerprint density at radius 3 is 2.91 bits per heavy atom. The molecule has 0 aliphatic rings. The molecule has 0 unspecified atom stereocenters. The molecule has 0 saturated heterocycles. The molecular weight excluding hydrogens is 297 g/mol. The first-order valence-corrected chi connectivity index (χ1v) is 7.20. The van der Waals surface area contributed by atoms with Gasteiger partial charge in [0.25, 0.3) is 0 Å². The van der Waals surface area contributed by atoms with E-state index in [1.807, 2.05) is 16.8 Å². The van der Waals surface area contributed by atoms with Crippen LogP contribution in [0.2, 0.25) is 0 Å². The van der Waals surface area contributed by atoms with Crippen LogP contribution >= 0.6 is 0 Å². The molecule has 0 spiro atoms. The van der Waals surface area contributed by atoms with Crippen molar-refractivity contribution in [3.05, 3.63) is 54.6 Å². The predicted octanol–water partition coefficient (Wildman–Crippen LogP) is 3.21. The Morgan fingerprint density at radius 2 is 2.17 bits per heavy atom. The van der Waals surface area contributed by atoms with Gasteiger partial charge < -0.3 is 14.6 Å². The zero-order valence-electron chi connectivity index (χ0n) is 12.6. The van der Waals surface area contributed by atoms with Gasteiger partial charge in [-0.05, 0) is 35.7 Å². The van der Waals surface area contributed by atoms with Crippen molar-refractivity contribution in [1.29, 1.82) is 0 Å². The van der Waals surface area contributed by atoms with Crippen LogP contribution in [0.5, 0.6) is 5.88 Å². The average molecular weight is 313 g/mol. The van der Waals surface area contributed by atoms with Gasteiger partial charge in [0.2, 0.25) is 11.8 Å². The molecule has 0 aliphatic carbocycles. The van der Waals surface area contributed by atoms with Gasteiger partial charge in [0.15, 0.2) is 0 Å². The molecular formula is C17H16FN3O2. The maximum atomic E-state index is 13.3. The van der Waals surface area contributed by atoms with Crippen LogP contribution in [0, 0.1) is 5.82 Å². The molecule has 6 heteroatoms. The number of carbonyl (C=O) groups excluding carboxylic acids is 1. The number of halogens is 1. The lowest BCUT2D eigenvalue weighted by atomic mass is 10.2. The van der Waals surface area contributed by atoms with Gasteiger partial charge >= 0.3 is 0 Å². The molecule has 0 atom stereocenters. The number of anilines is 1. The van der Waals surface area contributed by atoms with Crippen molar-refractivity contribution in [3.63, 3.8) is 0 Å². The second kappa shape index (κ2) is 6.48. The molecule has 1 amide bonds. The highest BCUT2D eigenvalue weighted by atomic mass is 19.1. The maximum Gasteiger partial charge on any atom is 0.226 e. The summed E-state index contributed by atoms with van der Waals surface area (Å²) in [5.74, 6) is 0.0743. The van der Waals surface area contributed by atoms with Crippen molar-refractivity contribution in [2.24, 2.45) is 0 Å². The zero-order valence-corrected chi connectivity index (χ0v) is 12.6. The van der Waals surface area contributed by atoms with Crippen molar-refractivity contribution in [2.75, 3.05) is 12.4 Å². The van der Waals surface area contributed by atoms with Crippen LogP contribution in [0.4, 0.5) is 10.1 Å². The first-order chi connectivity index (χ1) is 11.2. The lowest BCUT2D eigenvalue weighted by Crippen LogP contribution is -2.14. The van der Waals surface area contributed by atoms with Crippen LogP contribution < -0.4 is 10.1 Å². The third-order valence-electron chi connectivity index (χ3n) is 3.54. The summed E-state index contributed by atoms with van der Waals surface area (Å²) in [5.41, 5.74) is 1.39. The van der Waals surface area contributed by atoms with Gasteiger partial charge in [-0.15, -0.1) is 0 Å². The fourth-order valence-corrected chi connectivity index (χ4v) is 2.37. The largest absolute Gasteiger partial charge is 0.481 e. The highest BCUT2D eigenvalue weighted by Gasteiger charge is 2.06. The zero-order chi connectivity index (χ0) is 16.2. The Morgan fingerprint density at radius 1 is 1.30 bits per heavy atom. The van der Waals surface area contributed by atoms with Crippen molar-refractivity contribution < 1.29 is 13.9 Å². The molecule has 0 radical (unpaired) electrons. The van der Waals surface area contributed by atoms with Gasteiger partial charge in [-0.3, -0.25) is 4.79 Å². The molecule has 2 aromatic heterocycles. The Labute approximate surface area is 132 Å². The minimum absolute atomic E-state index is 0.129. The molecule has 0 saturated carbocycles. The van der Waals surface area contributed by atoms with Gasteiger partial charge in [-0.25, -0.2) is 9.37 Å². The van der Waals surface area contributed by atoms with E-state index in [-0.39, 0.29) is 18.1 Å². The summed E-state index contributed by atoms with van der Waals surface area (Å²) >= 11 is 0. The number of nitrogens with one attached hydrogen (secondary N) is 1. The number of aromatic nitrogens is 2. The fraction of sp³-hybridized carbons (Fsp3) is 0.176. The number of hydrogen-bond donors (Lipinski definition) is 1. The first kappa shape index (κ1) is 15.0. The maximum absolute atomic E-state index is 13.3. The summed E-state index contributed by atoms with van der Waals surface area (Å²) < 4.78 is 20.2.